The molecule has 0 bridgehead atoms. The molecule has 2 aromatic carbocycles. The fourth-order valence-electron chi connectivity index (χ4n) is 2.49. The molecule has 0 fully saturated rings. The minimum atomic E-state index is -0.641. The van der Waals surface area contributed by atoms with Gasteiger partial charge in [-0.1, -0.05) is 0 Å². The van der Waals surface area contributed by atoms with Crippen LogP contribution >= 0.6 is 11.3 Å². The van der Waals surface area contributed by atoms with E-state index in [1.807, 2.05) is 12.1 Å². The van der Waals surface area contributed by atoms with Crippen molar-refractivity contribution < 1.29 is 28.1 Å². The molecule has 28 heavy (non-hydrogen) atoms. The highest BCUT2D eigenvalue weighted by Crippen LogP contribution is 2.35. The number of carbonyl (C=O) groups excluding carboxylic acids is 1. The molecule has 0 aliphatic heterocycles. The predicted molar refractivity (Wildman–Crippen MR) is 103 cm³/mol. The highest BCUT2D eigenvalue weighted by Gasteiger charge is 2.15. The second-order valence-corrected chi connectivity index (χ2v) is 6.49. The number of ether oxygens (including phenoxy) is 4. The molecule has 0 saturated heterocycles. The Labute approximate surface area is 165 Å². The summed E-state index contributed by atoms with van der Waals surface area (Å²) in [5.41, 5.74) is 1.49. The fraction of sp³-hybridized carbons (Fsp3) is 0.200. The zero-order valence-corrected chi connectivity index (χ0v) is 16.3. The van der Waals surface area contributed by atoms with Gasteiger partial charge < -0.3 is 18.9 Å². The molecular weight excluding hydrogens is 385 g/mol. The number of halogens is 1. The van der Waals surface area contributed by atoms with E-state index in [-0.39, 0.29) is 17.9 Å². The van der Waals surface area contributed by atoms with Gasteiger partial charge in [-0.25, -0.2) is 14.2 Å². The molecule has 0 spiro atoms. The molecule has 146 valence electrons. The summed E-state index contributed by atoms with van der Waals surface area (Å²) in [7, 11) is 4.51. The summed E-state index contributed by atoms with van der Waals surface area (Å²) in [4.78, 5) is 16.6. The molecule has 3 aromatic rings. The molecule has 0 radical (unpaired) electrons. The SMILES string of the molecule is COc1ccc(-c2nc(COC(=O)c3ccc(OC)c(F)c3)cs2)c(OC)c1. The third kappa shape index (κ3) is 4.23. The lowest BCUT2D eigenvalue weighted by Gasteiger charge is -2.08. The first-order valence-corrected chi connectivity index (χ1v) is 9.11. The molecule has 0 aliphatic carbocycles. The Bertz CT molecular complexity index is 988. The summed E-state index contributed by atoms with van der Waals surface area (Å²) in [5, 5.41) is 2.52. The average Bonchev–Trinajstić information content (AvgIpc) is 3.20. The summed E-state index contributed by atoms with van der Waals surface area (Å²) >= 11 is 1.40. The third-order valence-corrected chi connectivity index (χ3v) is 4.85. The van der Waals surface area contributed by atoms with Crippen LogP contribution in [-0.4, -0.2) is 32.3 Å². The zero-order valence-electron chi connectivity index (χ0n) is 15.5. The Kier molecular flexibility index (Phi) is 6.10. The van der Waals surface area contributed by atoms with Gasteiger partial charge in [0.15, 0.2) is 11.6 Å². The van der Waals surface area contributed by atoms with E-state index in [9.17, 15) is 9.18 Å². The maximum atomic E-state index is 13.7. The van der Waals surface area contributed by atoms with E-state index in [2.05, 4.69) is 4.98 Å². The molecule has 0 amide bonds. The van der Waals surface area contributed by atoms with Gasteiger partial charge in [-0.2, -0.15) is 0 Å². The number of esters is 1. The lowest BCUT2D eigenvalue weighted by molar-refractivity contribution is 0.0468. The van der Waals surface area contributed by atoms with Crippen LogP contribution in [-0.2, 0) is 11.3 Å². The van der Waals surface area contributed by atoms with E-state index in [0.717, 1.165) is 16.6 Å². The van der Waals surface area contributed by atoms with E-state index in [4.69, 9.17) is 18.9 Å². The summed E-state index contributed by atoms with van der Waals surface area (Å²) in [6.07, 6.45) is 0. The second kappa shape index (κ2) is 8.71. The van der Waals surface area contributed by atoms with Gasteiger partial charge in [-0.05, 0) is 30.3 Å². The van der Waals surface area contributed by atoms with Crippen LogP contribution in [0.1, 0.15) is 16.1 Å². The molecule has 0 N–H and O–H groups in total. The van der Waals surface area contributed by atoms with Gasteiger partial charge in [0.1, 0.15) is 23.1 Å². The van der Waals surface area contributed by atoms with Crippen molar-refractivity contribution in [3.05, 3.63) is 58.9 Å². The van der Waals surface area contributed by atoms with Gasteiger partial charge in [0.05, 0.1) is 38.2 Å². The van der Waals surface area contributed by atoms with Crippen molar-refractivity contribution in [1.29, 1.82) is 0 Å². The number of benzene rings is 2. The minimum Gasteiger partial charge on any atom is -0.497 e. The zero-order chi connectivity index (χ0) is 20.1. The van der Waals surface area contributed by atoms with Gasteiger partial charge in [0.2, 0.25) is 0 Å². The van der Waals surface area contributed by atoms with Crippen molar-refractivity contribution in [3.8, 4) is 27.8 Å². The molecule has 0 saturated carbocycles. The summed E-state index contributed by atoms with van der Waals surface area (Å²) in [5.74, 6) is 0.107. The van der Waals surface area contributed by atoms with Gasteiger partial charge >= 0.3 is 5.97 Å². The van der Waals surface area contributed by atoms with Crippen LogP contribution in [0.4, 0.5) is 4.39 Å². The average molecular weight is 403 g/mol. The fourth-order valence-corrected chi connectivity index (χ4v) is 3.32. The van der Waals surface area contributed by atoms with Crippen molar-refractivity contribution >= 4 is 17.3 Å². The van der Waals surface area contributed by atoms with Crippen molar-refractivity contribution in [3.63, 3.8) is 0 Å². The smallest absolute Gasteiger partial charge is 0.338 e. The first kappa shape index (κ1) is 19.6. The Hall–Kier alpha value is -3.13. The van der Waals surface area contributed by atoms with E-state index in [1.54, 1.807) is 25.7 Å². The number of nitrogens with zero attached hydrogens (tertiary/aromatic N) is 1. The lowest BCUT2D eigenvalue weighted by Crippen LogP contribution is -2.06. The second-order valence-electron chi connectivity index (χ2n) is 5.64. The number of carbonyl (C=O) groups is 1. The lowest BCUT2D eigenvalue weighted by atomic mass is 10.2. The number of rotatable bonds is 7. The molecular formula is C20H18FNO5S. The number of hydrogen-bond acceptors (Lipinski definition) is 7. The summed E-state index contributed by atoms with van der Waals surface area (Å²) < 4.78 is 34.4. The Balaban J connectivity index is 1.70. The maximum Gasteiger partial charge on any atom is 0.338 e. The topological polar surface area (TPSA) is 66.9 Å². The highest BCUT2D eigenvalue weighted by atomic mass is 32.1. The van der Waals surface area contributed by atoms with Gasteiger partial charge in [-0.15, -0.1) is 11.3 Å². The van der Waals surface area contributed by atoms with Crippen LogP contribution in [0.5, 0.6) is 17.2 Å². The van der Waals surface area contributed by atoms with E-state index in [1.165, 1.54) is 30.6 Å². The molecule has 8 heteroatoms. The number of methoxy groups -OCH3 is 3. The summed E-state index contributed by atoms with van der Waals surface area (Å²) in [6.45, 7) is -0.0263. The molecule has 0 atom stereocenters. The first-order valence-electron chi connectivity index (χ1n) is 8.23. The molecule has 6 nitrogen and oxygen atoms in total. The van der Waals surface area contributed by atoms with Gasteiger partial charge in [-0.3, -0.25) is 0 Å². The third-order valence-electron chi connectivity index (χ3n) is 3.93. The van der Waals surface area contributed by atoms with E-state index >= 15 is 0 Å². The monoisotopic (exact) mass is 403 g/mol. The van der Waals surface area contributed by atoms with Crippen LogP contribution in [0.2, 0.25) is 0 Å². The van der Waals surface area contributed by atoms with Gasteiger partial charge in [0.25, 0.3) is 0 Å². The van der Waals surface area contributed by atoms with Crippen LogP contribution in [0, 0.1) is 5.82 Å². The molecule has 0 unspecified atom stereocenters. The minimum absolute atomic E-state index is 0.0263. The van der Waals surface area contributed by atoms with Crippen molar-refractivity contribution in [1.82, 2.24) is 4.98 Å². The van der Waals surface area contributed by atoms with Crippen LogP contribution < -0.4 is 14.2 Å². The van der Waals surface area contributed by atoms with Crippen LogP contribution in [0.3, 0.4) is 0 Å². The Morgan fingerprint density at radius 1 is 1.04 bits per heavy atom. The van der Waals surface area contributed by atoms with Crippen molar-refractivity contribution in [2.75, 3.05) is 21.3 Å². The van der Waals surface area contributed by atoms with Crippen LogP contribution in [0.15, 0.2) is 41.8 Å². The number of hydrogen-bond donors (Lipinski definition) is 0. The van der Waals surface area contributed by atoms with Crippen LogP contribution in [0.25, 0.3) is 10.6 Å². The standard InChI is InChI=1S/C20H18FNO5S/c1-24-14-5-6-15(18(9-14)26-3)19-22-13(11-28-19)10-27-20(23)12-4-7-17(25-2)16(21)8-12/h4-9,11H,10H2,1-3H3. The molecule has 0 aliphatic rings. The number of aromatic nitrogens is 1. The number of thiazole rings is 1. The van der Waals surface area contributed by atoms with Crippen molar-refractivity contribution in [2.24, 2.45) is 0 Å². The Morgan fingerprint density at radius 3 is 2.50 bits per heavy atom. The normalized spacial score (nSPS) is 10.4. The van der Waals surface area contributed by atoms with E-state index < -0.39 is 11.8 Å². The Morgan fingerprint density at radius 2 is 1.82 bits per heavy atom. The first-order chi connectivity index (χ1) is 13.5. The quantitative estimate of drug-likeness (QED) is 0.547. The van der Waals surface area contributed by atoms with Crippen molar-refractivity contribution in [2.45, 2.75) is 6.61 Å². The summed E-state index contributed by atoms with van der Waals surface area (Å²) in [6, 6.07) is 9.34. The highest BCUT2D eigenvalue weighted by molar-refractivity contribution is 7.13. The molecule has 1 heterocycles. The maximum absolute atomic E-state index is 13.7. The predicted octanol–water partition coefficient (Wildman–Crippen LogP) is 4.33. The van der Waals surface area contributed by atoms with E-state index in [0.29, 0.717) is 17.2 Å². The molecule has 3 rings (SSSR count). The largest absolute Gasteiger partial charge is 0.497 e. The molecule has 1 aromatic heterocycles. The van der Waals surface area contributed by atoms with Gasteiger partial charge in [0, 0.05) is 11.4 Å².